The first-order valence-electron chi connectivity index (χ1n) is 4.99. The number of aliphatic hydroxyl groups excluding tert-OH is 1. The SMILES string of the molecule is C=C(C)CNCC(O)c1ccc(F)c(F)c1. The number of hydrogen-bond acceptors (Lipinski definition) is 2. The summed E-state index contributed by atoms with van der Waals surface area (Å²) in [5, 5.41) is 12.6. The van der Waals surface area contributed by atoms with Gasteiger partial charge in [-0.3, -0.25) is 0 Å². The van der Waals surface area contributed by atoms with E-state index in [1.54, 1.807) is 0 Å². The summed E-state index contributed by atoms with van der Waals surface area (Å²) >= 11 is 0. The van der Waals surface area contributed by atoms with Crippen LogP contribution in [0.4, 0.5) is 8.78 Å². The Morgan fingerprint density at radius 3 is 2.69 bits per heavy atom. The van der Waals surface area contributed by atoms with Crippen molar-refractivity contribution in [2.45, 2.75) is 13.0 Å². The van der Waals surface area contributed by atoms with E-state index in [-0.39, 0.29) is 6.54 Å². The topological polar surface area (TPSA) is 32.3 Å². The van der Waals surface area contributed by atoms with Crippen LogP contribution < -0.4 is 5.32 Å². The smallest absolute Gasteiger partial charge is 0.159 e. The fourth-order valence-electron chi connectivity index (χ4n) is 1.26. The molecule has 0 saturated heterocycles. The highest BCUT2D eigenvalue weighted by molar-refractivity contribution is 5.20. The van der Waals surface area contributed by atoms with Crippen molar-refractivity contribution in [3.63, 3.8) is 0 Å². The van der Waals surface area contributed by atoms with Crippen LogP contribution >= 0.6 is 0 Å². The van der Waals surface area contributed by atoms with Crippen LogP contribution in [0.5, 0.6) is 0 Å². The zero-order chi connectivity index (χ0) is 12.1. The molecule has 88 valence electrons. The summed E-state index contributed by atoms with van der Waals surface area (Å²) in [6, 6.07) is 3.38. The summed E-state index contributed by atoms with van der Waals surface area (Å²) in [6.07, 6.45) is -0.852. The second-order valence-corrected chi connectivity index (χ2v) is 3.78. The standard InChI is InChI=1S/C12H15F2NO/c1-8(2)6-15-7-12(16)9-3-4-10(13)11(14)5-9/h3-5,12,15-16H,1,6-7H2,2H3. The lowest BCUT2D eigenvalue weighted by molar-refractivity contribution is 0.175. The molecule has 0 fully saturated rings. The van der Waals surface area contributed by atoms with E-state index in [1.807, 2.05) is 6.92 Å². The third kappa shape index (κ3) is 3.72. The molecule has 0 aliphatic rings. The molecule has 0 amide bonds. The molecule has 0 spiro atoms. The average Bonchev–Trinajstić information content (AvgIpc) is 2.21. The van der Waals surface area contributed by atoms with Crippen molar-refractivity contribution in [2.75, 3.05) is 13.1 Å². The maximum atomic E-state index is 12.9. The van der Waals surface area contributed by atoms with Gasteiger partial charge in [0, 0.05) is 13.1 Å². The largest absolute Gasteiger partial charge is 0.387 e. The molecule has 2 nitrogen and oxygen atoms in total. The van der Waals surface area contributed by atoms with Gasteiger partial charge in [0.2, 0.25) is 0 Å². The number of aliphatic hydroxyl groups is 1. The highest BCUT2D eigenvalue weighted by Crippen LogP contribution is 2.15. The molecule has 1 atom stereocenters. The fraction of sp³-hybridized carbons (Fsp3) is 0.333. The molecule has 1 aromatic carbocycles. The predicted molar refractivity (Wildman–Crippen MR) is 59.0 cm³/mol. The Morgan fingerprint density at radius 2 is 2.12 bits per heavy atom. The first kappa shape index (κ1) is 12.8. The molecule has 0 saturated carbocycles. The van der Waals surface area contributed by atoms with E-state index in [4.69, 9.17) is 0 Å². The van der Waals surface area contributed by atoms with Gasteiger partial charge >= 0.3 is 0 Å². The molecule has 0 aliphatic carbocycles. The van der Waals surface area contributed by atoms with Gasteiger partial charge in [0.15, 0.2) is 11.6 Å². The van der Waals surface area contributed by atoms with Crippen molar-refractivity contribution in [1.82, 2.24) is 5.32 Å². The van der Waals surface area contributed by atoms with E-state index in [0.717, 1.165) is 17.7 Å². The molecule has 1 unspecified atom stereocenters. The second-order valence-electron chi connectivity index (χ2n) is 3.78. The van der Waals surface area contributed by atoms with Crippen LogP contribution in [-0.4, -0.2) is 18.2 Å². The zero-order valence-corrected chi connectivity index (χ0v) is 9.13. The van der Waals surface area contributed by atoms with E-state index in [9.17, 15) is 13.9 Å². The molecule has 0 radical (unpaired) electrons. The fourth-order valence-corrected chi connectivity index (χ4v) is 1.26. The molecule has 4 heteroatoms. The van der Waals surface area contributed by atoms with Gasteiger partial charge in [0.1, 0.15) is 0 Å². The van der Waals surface area contributed by atoms with E-state index in [0.29, 0.717) is 12.1 Å². The third-order valence-corrected chi connectivity index (χ3v) is 2.09. The molecule has 0 heterocycles. The first-order chi connectivity index (χ1) is 7.50. The number of benzene rings is 1. The minimum atomic E-state index is -0.948. The maximum Gasteiger partial charge on any atom is 0.159 e. The Balaban J connectivity index is 2.55. The number of halogens is 2. The predicted octanol–water partition coefficient (Wildman–Crippen LogP) is 2.16. The molecule has 0 bridgehead atoms. The molecular formula is C12H15F2NO. The summed E-state index contributed by atoms with van der Waals surface area (Å²) < 4.78 is 25.5. The monoisotopic (exact) mass is 227 g/mol. The Labute approximate surface area is 93.6 Å². The number of nitrogens with one attached hydrogen (secondary N) is 1. The Bertz CT molecular complexity index is 379. The molecule has 2 N–H and O–H groups in total. The van der Waals surface area contributed by atoms with Crippen LogP contribution in [0.2, 0.25) is 0 Å². The Morgan fingerprint density at radius 1 is 1.44 bits per heavy atom. The minimum absolute atomic E-state index is 0.276. The third-order valence-electron chi connectivity index (χ3n) is 2.09. The summed E-state index contributed by atoms with van der Waals surface area (Å²) in [4.78, 5) is 0. The Hall–Kier alpha value is -1.26. The van der Waals surface area contributed by atoms with Gasteiger partial charge in [-0.05, 0) is 24.6 Å². The quantitative estimate of drug-likeness (QED) is 0.755. The summed E-state index contributed by atoms with van der Waals surface area (Å²) in [5.41, 5.74) is 1.30. The van der Waals surface area contributed by atoms with E-state index < -0.39 is 17.7 Å². The molecule has 0 aliphatic heterocycles. The van der Waals surface area contributed by atoms with Gasteiger partial charge in [-0.1, -0.05) is 18.2 Å². The molecule has 1 rings (SSSR count). The Kier molecular flexibility index (Phi) is 4.58. The summed E-state index contributed by atoms with van der Waals surface area (Å²) in [6.45, 7) is 6.41. The summed E-state index contributed by atoms with van der Waals surface area (Å²) in [7, 11) is 0. The zero-order valence-electron chi connectivity index (χ0n) is 9.13. The van der Waals surface area contributed by atoms with Crippen LogP contribution in [0, 0.1) is 11.6 Å². The van der Waals surface area contributed by atoms with Crippen molar-refractivity contribution in [3.8, 4) is 0 Å². The lowest BCUT2D eigenvalue weighted by Crippen LogP contribution is -2.23. The van der Waals surface area contributed by atoms with Crippen molar-refractivity contribution >= 4 is 0 Å². The lowest BCUT2D eigenvalue weighted by atomic mass is 10.1. The average molecular weight is 227 g/mol. The van der Waals surface area contributed by atoms with Gasteiger partial charge in [-0.2, -0.15) is 0 Å². The molecular weight excluding hydrogens is 212 g/mol. The minimum Gasteiger partial charge on any atom is -0.387 e. The normalized spacial score (nSPS) is 12.5. The maximum absolute atomic E-state index is 12.9. The van der Waals surface area contributed by atoms with Crippen molar-refractivity contribution in [1.29, 1.82) is 0 Å². The number of rotatable bonds is 5. The van der Waals surface area contributed by atoms with Crippen LogP contribution in [0.25, 0.3) is 0 Å². The van der Waals surface area contributed by atoms with Gasteiger partial charge in [0.05, 0.1) is 6.10 Å². The van der Waals surface area contributed by atoms with Gasteiger partial charge in [0.25, 0.3) is 0 Å². The first-order valence-corrected chi connectivity index (χ1v) is 4.99. The second kappa shape index (κ2) is 5.72. The molecule has 1 aromatic rings. The van der Waals surface area contributed by atoms with E-state index in [1.165, 1.54) is 6.07 Å². The van der Waals surface area contributed by atoms with Crippen molar-refractivity contribution in [3.05, 3.63) is 47.5 Å². The van der Waals surface area contributed by atoms with Gasteiger partial charge < -0.3 is 10.4 Å². The van der Waals surface area contributed by atoms with Crippen LogP contribution in [0.3, 0.4) is 0 Å². The van der Waals surface area contributed by atoms with Crippen LogP contribution in [0.1, 0.15) is 18.6 Å². The van der Waals surface area contributed by atoms with Crippen LogP contribution in [-0.2, 0) is 0 Å². The van der Waals surface area contributed by atoms with Gasteiger partial charge in [-0.15, -0.1) is 0 Å². The highest BCUT2D eigenvalue weighted by atomic mass is 19.2. The van der Waals surface area contributed by atoms with Crippen molar-refractivity contribution in [2.24, 2.45) is 0 Å². The summed E-state index contributed by atoms with van der Waals surface area (Å²) in [5.74, 6) is -1.86. The van der Waals surface area contributed by atoms with E-state index >= 15 is 0 Å². The highest BCUT2D eigenvalue weighted by Gasteiger charge is 2.10. The van der Waals surface area contributed by atoms with Crippen molar-refractivity contribution < 1.29 is 13.9 Å². The molecule has 0 aromatic heterocycles. The lowest BCUT2D eigenvalue weighted by Gasteiger charge is -2.12. The molecule has 16 heavy (non-hydrogen) atoms. The van der Waals surface area contributed by atoms with Crippen LogP contribution in [0.15, 0.2) is 30.4 Å². The van der Waals surface area contributed by atoms with E-state index in [2.05, 4.69) is 11.9 Å². The number of hydrogen-bond donors (Lipinski definition) is 2. The van der Waals surface area contributed by atoms with Gasteiger partial charge in [-0.25, -0.2) is 8.78 Å².